The Kier molecular flexibility index (Phi) is 4.33. The van der Waals surface area contributed by atoms with Crippen molar-refractivity contribution in [3.8, 4) is 0 Å². The van der Waals surface area contributed by atoms with Crippen LogP contribution < -0.4 is 0 Å². The molecule has 0 aliphatic carbocycles. The molecule has 70 valence electrons. The molecule has 1 rings (SSSR count). The number of piperidine rings is 1. The van der Waals surface area contributed by atoms with Crippen LogP contribution in [0.2, 0.25) is 0 Å². The summed E-state index contributed by atoms with van der Waals surface area (Å²) in [6.45, 7) is 4.51. The molecule has 0 aromatic rings. The fourth-order valence-electron chi connectivity index (χ4n) is 1.75. The van der Waals surface area contributed by atoms with Crippen molar-refractivity contribution in [3.63, 3.8) is 0 Å². The molecule has 0 amide bonds. The van der Waals surface area contributed by atoms with Crippen LogP contribution in [0.15, 0.2) is 12.2 Å². The van der Waals surface area contributed by atoms with E-state index >= 15 is 0 Å². The molecule has 1 heterocycles. The third kappa shape index (κ3) is 2.61. The maximum absolute atomic E-state index is 9.10. The molecular weight excluding hydrogens is 150 g/mol. The maximum Gasteiger partial charge on any atom is 0.0586 e. The van der Waals surface area contributed by atoms with Gasteiger partial charge in [0.1, 0.15) is 0 Å². The van der Waals surface area contributed by atoms with Crippen molar-refractivity contribution >= 4 is 0 Å². The molecule has 1 atom stereocenters. The minimum absolute atomic E-state index is 0.317. The third-order valence-electron chi connectivity index (χ3n) is 2.54. The van der Waals surface area contributed by atoms with Gasteiger partial charge in [-0.3, -0.25) is 4.90 Å². The van der Waals surface area contributed by atoms with E-state index in [1.165, 1.54) is 12.8 Å². The van der Waals surface area contributed by atoms with Gasteiger partial charge in [-0.15, -0.1) is 0 Å². The van der Waals surface area contributed by atoms with Gasteiger partial charge in [-0.05, 0) is 26.3 Å². The van der Waals surface area contributed by atoms with Gasteiger partial charge in [-0.25, -0.2) is 0 Å². The quantitative estimate of drug-likeness (QED) is 0.646. The second-order valence-corrected chi connectivity index (χ2v) is 3.40. The molecule has 1 N–H and O–H groups in total. The fourth-order valence-corrected chi connectivity index (χ4v) is 1.75. The summed E-state index contributed by atoms with van der Waals surface area (Å²) >= 11 is 0. The highest BCUT2D eigenvalue weighted by Gasteiger charge is 2.19. The predicted octanol–water partition coefficient (Wildman–Crippen LogP) is 1.41. The summed E-state index contributed by atoms with van der Waals surface area (Å²) in [5.41, 5.74) is 0. The van der Waals surface area contributed by atoms with E-state index in [2.05, 4.69) is 17.1 Å². The molecule has 0 bridgehead atoms. The predicted molar refractivity (Wildman–Crippen MR) is 51.1 cm³/mol. The minimum atomic E-state index is 0.317. The first-order valence-electron chi connectivity index (χ1n) is 4.84. The minimum Gasteiger partial charge on any atom is -0.395 e. The summed E-state index contributed by atoms with van der Waals surface area (Å²) in [6, 6.07) is 0.412. The van der Waals surface area contributed by atoms with E-state index in [0.717, 1.165) is 19.5 Å². The van der Waals surface area contributed by atoms with Gasteiger partial charge in [0.25, 0.3) is 0 Å². The maximum atomic E-state index is 9.10. The largest absolute Gasteiger partial charge is 0.395 e. The highest BCUT2D eigenvalue weighted by atomic mass is 16.3. The summed E-state index contributed by atoms with van der Waals surface area (Å²) in [5.74, 6) is 0. The van der Waals surface area contributed by atoms with E-state index in [1.807, 2.05) is 6.92 Å². The molecule has 2 heteroatoms. The van der Waals surface area contributed by atoms with Crippen LogP contribution in [0.1, 0.15) is 26.2 Å². The first kappa shape index (κ1) is 9.75. The Labute approximate surface area is 74.9 Å². The van der Waals surface area contributed by atoms with Crippen LogP contribution in [-0.2, 0) is 0 Å². The molecule has 1 aliphatic rings. The molecule has 1 saturated heterocycles. The van der Waals surface area contributed by atoms with Crippen molar-refractivity contribution in [1.82, 2.24) is 4.90 Å². The monoisotopic (exact) mass is 169 g/mol. The second-order valence-electron chi connectivity index (χ2n) is 3.40. The molecule has 1 aliphatic heterocycles. The van der Waals surface area contributed by atoms with Crippen LogP contribution in [0, 0.1) is 0 Å². The summed E-state index contributed by atoms with van der Waals surface area (Å²) in [7, 11) is 0. The van der Waals surface area contributed by atoms with Gasteiger partial charge < -0.3 is 5.11 Å². The van der Waals surface area contributed by atoms with Crippen molar-refractivity contribution in [2.24, 2.45) is 0 Å². The van der Waals surface area contributed by atoms with Crippen molar-refractivity contribution in [2.75, 3.05) is 19.7 Å². The lowest BCUT2D eigenvalue weighted by atomic mass is 10.0. The standard InChI is InChI=1S/C10H19NO/c1-2-3-7-11-8-5-4-6-10(11)9-12/h2-3,10,12H,4-9H2,1H3/b3-2+/t10-/m0/s1. The Hall–Kier alpha value is -0.340. The average molecular weight is 169 g/mol. The fraction of sp³-hybridized carbons (Fsp3) is 0.800. The topological polar surface area (TPSA) is 23.5 Å². The van der Waals surface area contributed by atoms with Gasteiger partial charge in [-0.1, -0.05) is 18.6 Å². The Morgan fingerprint density at radius 2 is 2.33 bits per heavy atom. The van der Waals surface area contributed by atoms with Crippen LogP contribution in [0.4, 0.5) is 0 Å². The van der Waals surface area contributed by atoms with Gasteiger partial charge in [0.2, 0.25) is 0 Å². The van der Waals surface area contributed by atoms with Crippen molar-refractivity contribution in [2.45, 2.75) is 32.2 Å². The molecule has 0 unspecified atom stereocenters. The highest BCUT2D eigenvalue weighted by Crippen LogP contribution is 2.15. The van der Waals surface area contributed by atoms with E-state index in [1.54, 1.807) is 0 Å². The van der Waals surface area contributed by atoms with Crippen LogP contribution >= 0.6 is 0 Å². The summed E-state index contributed by atoms with van der Waals surface area (Å²) in [6.07, 6.45) is 7.96. The number of allylic oxidation sites excluding steroid dienone is 1. The Bertz CT molecular complexity index is 145. The number of hydrogen-bond acceptors (Lipinski definition) is 2. The van der Waals surface area contributed by atoms with E-state index < -0.39 is 0 Å². The first-order valence-corrected chi connectivity index (χ1v) is 4.84. The van der Waals surface area contributed by atoms with Crippen LogP contribution in [0.3, 0.4) is 0 Å². The van der Waals surface area contributed by atoms with Gasteiger partial charge in [0.05, 0.1) is 6.61 Å². The molecule has 0 spiro atoms. The van der Waals surface area contributed by atoms with Crippen LogP contribution in [-0.4, -0.2) is 35.7 Å². The number of likely N-dealkylation sites (tertiary alicyclic amines) is 1. The Morgan fingerprint density at radius 1 is 1.50 bits per heavy atom. The third-order valence-corrected chi connectivity index (χ3v) is 2.54. The lowest BCUT2D eigenvalue weighted by Gasteiger charge is -2.33. The molecule has 0 saturated carbocycles. The summed E-state index contributed by atoms with van der Waals surface area (Å²) in [4.78, 5) is 2.36. The number of nitrogens with zero attached hydrogens (tertiary/aromatic N) is 1. The van der Waals surface area contributed by atoms with E-state index in [-0.39, 0.29) is 0 Å². The lowest BCUT2D eigenvalue weighted by molar-refractivity contribution is 0.101. The lowest BCUT2D eigenvalue weighted by Crippen LogP contribution is -2.41. The number of hydrogen-bond donors (Lipinski definition) is 1. The first-order chi connectivity index (χ1) is 5.88. The molecule has 0 radical (unpaired) electrons. The van der Waals surface area contributed by atoms with Gasteiger partial charge >= 0.3 is 0 Å². The molecule has 1 fully saturated rings. The molecular formula is C10H19NO. The summed E-state index contributed by atoms with van der Waals surface area (Å²) in [5, 5.41) is 9.10. The van der Waals surface area contributed by atoms with E-state index in [9.17, 15) is 0 Å². The second kappa shape index (κ2) is 5.33. The number of rotatable bonds is 3. The van der Waals surface area contributed by atoms with Crippen molar-refractivity contribution in [1.29, 1.82) is 0 Å². The Morgan fingerprint density at radius 3 is 3.00 bits per heavy atom. The SMILES string of the molecule is C/C=C/CN1CCCC[C@H]1CO. The van der Waals surface area contributed by atoms with Gasteiger partial charge in [0, 0.05) is 12.6 Å². The van der Waals surface area contributed by atoms with Gasteiger partial charge in [0.15, 0.2) is 0 Å². The molecule has 0 aromatic heterocycles. The van der Waals surface area contributed by atoms with Crippen molar-refractivity contribution < 1.29 is 5.11 Å². The summed E-state index contributed by atoms with van der Waals surface area (Å²) < 4.78 is 0. The van der Waals surface area contributed by atoms with E-state index in [4.69, 9.17) is 5.11 Å². The van der Waals surface area contributed by atoms with Crippen LogP contribution in [0.25, 0.3) is 0 Å². The number of aliphatic hydroxyl groups is 1. The smallest absolute Gasteiger partial charge is 0.0586 e. The zero-order valence-corrected chi connectivity index (χ0v) is 7.87. The van der Waals surface area contributed by atoms with Crippen LogP contribution in [0.5, 0.6) is 0 Å². The Balaban J connectivity index is 2.36. The zero-order chi connectivity index (χ0) is 8.81. The molecule has 0 aromatic carbocycles. The highest BCUT2D eigenvalue weighted by molar-refractivity contribution is 4.85. The number of aliphatic hydroxyl groups excluding tert-OH is 1. The molecule has 12 heavy (non-hydrogen) atoms. The van der Waals surface area contributed by atoms with Gasteiger partial charge in [-0.2, -0.15) is 0 Å². The van der Waals surface area contributed by atoms with Crippen molar-refractivity contribution in [3.05, 3.63) is 12.2 Å². The zero-order valence-electron chi connectivity index (χ0n) is 7.87. The van der Waals surface area contributed by atoms with E-state index in [0.29, 0.717) is 12.6 Å². The molecule has 2 nitrogen and oxygen atoms in total. The normalized spacial score (nSPS) is 26.7. The average Bonchev–Trinajstić information content (AvgIpc) is 2.15.